The average Bonchev–Trinajstić information content (AvgIpc) is 3.02. The molecule has 0 spiro atoms. The monoisotopic (exact) mass is 831 g/mol. The fourth-order valence-electron chi connectivity index (χ4n) is 7.12. The molecule has 0 aromatic carbocycles. The maximum Gasteiger partial charge on any atom is 0.320 e. The maximum absolute atomic E-state index is 13.3. The van der Waals surface area contributed by atoms with Gasteiger partial charge in [0.15, 0.2) is 0 Å². The molecule has 326 valence electrons. The van der Waals surface area contributed by atoms with Crippen LogP contribution < -0.4 is 0 Å². The lowest BCUT2D eigenvalue weighted by atomic mass is 9.87. The Kier molecular flexibility index (Phi) is 19.5. The van der Waals surface area contributed by atoms with E-state index < -0.39 is 22.4 Å². The maximum atomic E-state index is 13.3. The molecule has 0 aliphatic heterocycles. The van der Waals surface area contributed by atoms with Crippen LogP contribution in [-0.2, 0) is 38.3 Å². The predicted octanol–water partition coefficient (Wildman–Crippen LogP) is 8.22. The van der Waals surface area contributed by atoms with E-state index in [-0.39, 0.29) is 46.3 Å². The molecule has 0 aromatic rings. The molecule has 14 heteroatoms. The Morgan fingerprint density at radius 3 is 1.04 bits per heavy atom. The van der Waals surface area contributed by atoms with Crippen molar-refractivity contribution in [2.75, 3.05) is 52.4 Å². The van der Waals surface area contributed by atoms with Gasteiger partial charge in [0.1, 0.15) is 11.2 Å². The number of amides is 2. The van der Waals surface area contributed by atoms with Gasteiger partial charge in [0, 0.05) is 49.5 Å². The number of carbonyl (C=O) groups is 4. The van der Waals surface area contributed by atoms with Crippen LogP contribution in [0.2, 0.25) is 0 Å². The second kappa shape index (κ2) is 21.6. The molecule has 0 N–H and O–H groups in total. The summed E-state index contributed by atoms with van der Waals surface area (Å²) in [6, 6.07) is 0. The number of carbonyl (C=O) groups excluding carboxylic acids is 4. The Hall–Kier alpha value is -1.58. The van der Waals surface area contributed by atoms with Gasteiger partial charge in [-0.15, -0.1) is 0 Å². The van der Waals surface area contributed by atoms with Crippen molar-refractivity contribution in [3.05, 3.63) is 0 Å². The quantitative estimate of drug-likeness (QED) is 0.0710. The largest absolute Gasteiger partial charge is 0.459 e. The number of nitrogens with zero attached hydrogens (tertiary/aromatic N) is 4. The molecule has 2 aliphatic carbocycles. The first kappa shape index (κ1) is 50.6. The Morgan fingerprint density at radius 1 is 0.482 bits per heavy atom. The second-order valence-electron chi connectivity index (χ2n) is 19.9. The molecular weight excluding hydrogens is 753 g/mol. The molecule has 12 nitrogen and oxygen atoms in total. The summed E-state index contributed by atoms with van der Waals surface area (Å²) in [5.74, 6) is -0.936. The van der Waals surface area contributed by atoms with Gasteiger partial charge in [-0.05, 0) is 109 Å². The number of rotatable bonds is 19. The molecule has 2 rings (SSSR count). The summed E-state index contributed by atoms with van der Waals surface area (Å²) < 4.78 is 11.3. The van der Waals surface area contributed by atoms with Gasteiger partial charge in [-0.3, -0.25) is 38.7 Å². The Balaban J connectivity index is 2.42. The van der Waals surface area contributed by atoms with Crippen molar-refractivity contribution in [2.24, 2.45) is 0 Å². The van der Waals surface area contributed by atoms with Gasteiger partial charge in [0.25, 0.3) is 0 Å². The normalized spacial score (nSPS) is 17.8. The van der Waals surface area contributed by atoms with Gasteiger partial charge in [-0.25, -0.2) is 10.1 Å². The number of ether oxygens (including phenoxy) is 2. The van der Waals surface area contributed by atoms with Crippen LogP contribution in [0, 0.1) is 0 Å². The molecule has 2 saturated carbocycles. The summed E-state index contributed by atoms with van der Waals surface area (Å²) in [5, 5.41) is 2.82. The minimum Gasteiger partial charge on any atom is -0.459 e. The molecule has 2 fully saturated rings. The summed E-state index contributed by atoms with van der Waals surface area (Å²) in [6.07, 6.45) is 10.8. The molecule has 0 aromatic heterocycles. The van der Waals surface area contributed by atoms with Crippen LogP contribution in [-0.4, -0.2) is 128 Å². The zero-order chi connectivity index (χ0) is 42.6. The van der Waals surface area contributed by atoms with Gasteiger partial charge in [0.05, 0.1) is 37.4 Å². The lowest BCUT2D eigenvalue weighted by Gasteiger charge is -2.45. The molecular formula is C42H78N4O8S2. The standard InChI is InChI=1S/C42H78N4O8S2/c1-33(47)45(53-39(9,10)11)27-25-43(29-35(49)51-37(3,4)5)31-41(21-17-15-18-22-41)55-56-42(23-19-16-20-24-42)32-44(30-36(50)52-38(6,7)8)26-28-46(34(2)48)54-40(12,13)14/h15-32H2,1-14H3. The van der Waals surface area contributed by atoms with Crippen molar-refractivity contribution in [3.8, 4) is 0 Å². The van der Waals surface area contributed by atoms with Crippen molar-refractivity contribution in [3.63, 3.8) is 0 Å². The predicted molar refractivity (Wildman–Crippen MR) is 228 cm³/mol. The van der Waals surface area contributed by atoms with Crippen molar-refractivity contribution in [1.29, 1.82) is 0 Å². The molecule has 0 heterocycles. The number of hydroxylamine groups is 4. The zero-order valence-corrected chi connectivity index (χ0v) is 39.2. The first-order valence-corrected chi connectivity index (χ1v) is 22.9. The number of hydrogen-bond donors (Lipinski definition) is 0. The van der Waals surface area contributed by atoms with Crippen LogP contribution in [0.15, 0.2) is 0 Å². The van der Waals surface area contributed by atoms with Gasteiger partial charge < -0.3 is 9.47 Å². The SMILES string of the molecule is CC(=O)N(CCN(CC(=O)OC(C)(C)C)CC1(SSC2(CN(CCN(OC(C)(C)C)C(C)=O)CC(=O)OC(C)(C)C)CCCCC2)CCCCC1)OC(C)(C)C. The first-order valence-electron chi connectivity index (χ1n) is 20.8. The van der Waals surface area contributed by atoms with E-state index in [0.717, 1.165) is 51.4 Å². The second-order valence-corrected chi connectivity index (χ2v) is 23.0. The van der Waals surface area contributed by atoms with Gasteiger partial charge >= 0.3 is 11.9 Å². The lowest BCUT2D eigenvalue weighted by molar-refractivity contribution is -0.226. The molecule has 0 unspecified atom stereocenters. The topological polar surface area (TPSA) is 118 Å². The van der Waals surface area contributed by atoms with E-state index in [0.29, 0.717) is 39.3 Å². The molecule has 2 amide bonds. The third-order valence-electron chi connectivity index (χ3n) is 9.20. The van der Waals surface area contributed by atoms with Gasteiger partial charge in [-0.2, -0.15) is 0 Å². The van der Waals surface area contributed by atoms with E-state index in [1.807, 2.05) is 105 Å². The van der Waals surface area contributed by atoms with Crippen LogP contribution in [0.25, 0.3) is 0 Å². The van der Waals surface area contributed by atoms with Crippen molar-refractivity contribution in [1.82, 2.24) is 19.9 Å². The Labute approximate surface area is 347 Å². The lowest BCUT2D eigenvalue weighted by Crippen LogP contribution is -2.50. The van der Waals surface area contributed by atoms with Crippen molar-refractivity contribution >= 4 is 45.3 Å². The summed E-state index contributed by atoms with van der Waals surface area (Å²) in [5.41, 5.74) is -2.33. The summed E-state index contributed by atoms with van der Waals surface area (Å²) in [4.78, 5) is 68.3. The highest BCUT2D eigenvalue weighted by Crippen LogP contribution is 2.54. The van der Waals surface area contributed by atoms with E-state index >= 15 is 0 Å². The summed E-state index contributed by atoms with van der Waals surface area (Å²) >= 11 is 0. The third-order valence-corrected chi connectivity index (χ3v) is 13.4. The smallest absolute Gasteiger partial charge is 0.320 e. The fourth-order valence-corrected chi connectivity index (χ4v) is 11.2. The van der Waals surface area contributed by atoms with Crippen LogP contribution >= 0.6 is 21.6 Å². The molecule has 0 bridgehead atoms. The molecule has 0 atom stereocenters. The van der Waals surface area contributed by atoms with Crippen LogP contribution in [0.5, 0.6) is 0 Å². The minimum absolute atomic E-state index is 0.115. The zero-order valence-electron chi connectivity index (χ0n) is 37.6. The average molecular weight is 831 g/mol. The van der Waals surface area contributed by atoms with Gasteiger partial charge in [-0.1, -0.05) is 60.1 Å². The minimum atomic E-state index is -0.616. The summed E-state index contributed by atoms with van der Waals surface area (Å²) in [7, 11) is 3.91. The van der Waals surface area contributed by atoms with Gasteiger partial charge in [0.2, 0.25) is 11.8 Å². The summed E-state index contributed by atoms with van der Waals surface area (Å²) in [6.45, 7) is 28.9. The van der Waals surface area contributed by atoms with Crippen molar-refractivity contribution in [2.45, 2.75) is 193 Å². The highest BCUT2D eigenvalue weighted by atomic mass is 33.1. The Morgan fingerprint density at radius 2 is 0.786 bits per heavy atom. The Bertz CT molecular complexity index is 1160. The van der Waals surface area contributed by atoms with E-state index in [2.05, 4.69) is 9.80 Å². The molecule has 56 heavy (non-hydrogen) atoms. The highest BCUT2D eigenvalue weighted by molar-refractivity contribution is 8.77. The van der Waals surface area contributed by atoms with Crippen molar-refractivity contribution < 1.29 is 38.3 Å². The number of esters is 2. The van der Waals surface area contributed by atoms with Crippen LogP contribution in [0.4, 0.5) is 0 Å². The van der Waals surface area contributed by atoms with E-state index in [9.17, 15) is 19.2 Å². The third kappa shape index (κ3) is 20.9. The highest BCUT2D eigenvalue weighted by Gasteiger charge is 2.42. The molecule has 2 aliphatic rings. The molecule has 0 saturated heterocycles. The van der Waals surface area contributed by atoms with Crippen LogP contribution in [0.3, 0.4) is 0 Å². The van der Waals surface area contributed by atoms with E-state index in [1.165, 1.54) is 36.8 Å². The molecule has 0 radical (unpaired) electrons. The van der Waals surface area contributed by atoms with E-state index in [1.54, 1.807) is 0 Å². The van der Waals surface area contributed by atoms with Crippen LogP contribution in [0.1, 0.15) is 161 Å². The first-order chi connectivity index (χ1) is 25.6. The fraction of sp³-hybridized carbons (Fsp3) is 0.905. The van der Waals surface area contributed by atoms with E-state index in [4.69, 9.17) is 19.1 Å². The number of hydrogen-bond acceptors (Lipinski definition) is 12.